The fourth-order valence-corrected chi connectivity index (χ4v) is 2.98. The van der Waals surface area contributed by atoms with Crippen LogP contribution >= 0.6 is 0 Å². The Balaban J connectivity index is 1.46. The number of fused-ring (bicyclic) bond motifs is 1. The number of hydrogen-bond acceptors (Lipinski definition) is 3. The number of hydrogen-bond donors (Lipinski definition) is 1. The highest BCUT2D eigenvalue weighted by molar-refractivity contribution is 6.02. The molecule has 1 amide bonds. The first-order chi connectivity index (χ1) is 11.3. The number of nitrogens with zero attached hydrogens (tertiary/aromatic N) is 2. The molecule has 5 heteroatoms. The van der Waals surface area contributed by atoms with Gasteiger partial charge in [0.1, 0.15) is 5.76 Å². The summed E-state index contributed by atoms with van der Waals surface area (Å²) in [5.41, 5.74) is 3.55. The summed E-state index contributed by atoms with van der Waals surface area (Å²) >= 11 is 0. The minimum absolute atomic E-state index is 0.227. The molecule has 116 valence electrons. The van der Waals surface area contributed by atoms with Gasteiger partial charge in [0.2, 0.25) is 0 Å². The maximum Gasteiger partial charge on any atom is 0.291 e. The lowest BCUT2D eigenvalue weighted by Crippen LogP contribution is -2.11. The van der Waals surface area contributed by atoms with Crippen LogP contribution in [0.4, 0.5) is 5.69 Å². The Morgan fingerprint density at radius 3 is 3.00 bits per heavy atom. The molecule has 2 heterocycles. The SMILES string of the molecule is O=C(Nc1ccc2c(c1)CCC2)c1ccc(Cn2cccn2)o1. The van der Waals surface area contributed by atoms with Crippen LogP contribution in [0, 0.1) is 0 Å². The van der Waals surface area contributed by atoms with Crippen molar-refractivity contribution in [2.75, 3.05) is 5.32 Å². The van der Waals surface area contributed by atoms with Gasteiger partial charge in [-0.3, -0.25) is 9.48 Å². The van der Waals surface area contributed by atoms with Gasteiger partial charge in [0.05, 0.1) is 6.54 Å². The number of benzene rings is 1. The Labute approximate surface area is 133 Å². The number of nitrogens with one attached hydrogen (secondary N) is 1. The molecule has 1 aliphatic rings. The number of carbonyl (C=O) groups excluding carboxylic acids is 1. The second-order valence-electron chi connectivity index (χ2n) is 5.76. The third kappa shape index (κ3) is 2.90. The summed E-state index contributed by atoms with van der Waals surface area (Å²) in [6, 6.07) is 11.5. The molecule has 0 radical (unpaired) electrons. The Bertz CT molecular complexity index is 834. The van der Waals surface area contributed by atoms with Gasteiger partial charge >= 0.3 is 0 Å². The predicted octanol–water partition coefficient (Wildman–Crippen LogP) is 3.27. The molecule has 0 bridgehead atoms. The van der Waals surface area contributed by atoms with Crippen LogP contribution < -0.4 is 5.32 Å². The Morgan fingerprint density at radius 2 is 2.13 bits per heavy atom. The number of amides is 1. The lowest BCUT2D eigenvalue weighted by molar-refractivity contribution is 0.0994. The molecule has 0 saturated carbocycles. The molecule has 0 fully saturated rings. The number of rotatable bonds is 4. The van der Waals surface area contributed by atoms with Gasteiger partial charge in [-0.25, -0.2) is 0 Å². The average molecular weight is 307 g/mol. The van der Waals surface area contributed by atoms with Gasteiger partial charge in [-0.15, -0.1) is 0 Å². The van der Waals surface area contributed by atoms with E-state index >= 15 is 0 Å². The normalized spacial score (nSPS) is 13.0. The average Bonchev–Trinajstić information content (AvgIpc) is 3.28. The van der Waals surface area contributed by atoms with Crippen LogP contribution in [0.25, 0.3) is 0 Å². The van der Waals surface area contributed by atoms with E-state index in [1.54, 1.807) is 23.0 Å². The molecule has 0 aliphatic heterocycles. The highest BCUT2D eigenvalue weighted by Crippen LogP contribution is 2.25. The third-order valence-electron chi connectivity index (χ3n) is 4.12. The van der Waals surface area contributed by atoms with E-state index in [2.05, 4.69) is 22.5 Å². The second-order valence-corrected chi connectivity index (χ2v) is 5.76. The van der Waals surface area contributed by atoms with Gasteiger partial charge < -0.3 is 9.73 Å². The second kappa shape index (κ2) is 5.76. The molecule has 0 spiro atoms. The lowest BCUT2D eigenvalue weighted by Gasteiger charge is -2.06. The Hall–Kier alpha value is -2.82. The minimum atomic E-state index is -0.227. The molecule has 23 heavy (non-hydrogen) atoms. The van der Waals surface area contributed by atoms with E-state index in [1.807, 2.05) is 18.3 Å². The summed E-state index contributed by atoms with van der Waals surface area (Å²) in [4.78, 5) is 12.3. The maximum absolute atomic E-state index is 12.3. The van der Waals surface area contributed by atoms with Crippen LogP contribution in [0.1, 0.15) is 33.9 Å². The van der Waals surface area contributed by atoms with Crippen molar-refractivity contribution in [2.45, 2.75) is 25.8 Å². The van der Waals surface area contributed by atoms with Crippen molar-refractivity contribution in [2.24, 2.45) is 0 Å². The summed E-state index contributed by atoms with van der Waals surface area (Å²) in [7, 11) is 0. The highest BCUT2D eigenvalue weighted by Gasteiger charge is 2.14. The van der Waals surface area contributed by atoms with Crippen molar-refractivity contribution in [3.05, 3.63) is 71.4 Å². The fourth-order valence-electron chi connectivity index (χ4n) is 2.98. The van der Waals surface area contributed by atoms with E-state index in [-0.39, 0.29) is 5.91 Å². The van der Waals surface area contributed by atoms with Gasteiger partial charge in [0.15, 0.2) is 5.76 Å². The fraction of sp³-hybridized carbons (Fsp3) is 0.222. The molecule has 4 rings (SSSR count). The number of aryl methyl sites for hydroxylation is 2. The highest BCUT2D eigenvalue weighted by atomic mass is 16.4. The first-order valence-electron chi connectivity index (χ1n) is 7.77. The Morgan fingerprint density at radius 1 is 1.22 bits per heavy atom. The molecular weight excluding hydrogens is 290 g/mol. The van der Waals surface area contributed by atoms with Gasteiger partial charge in [-0.2, -0.15) is 5.10 Å². The van der Waals surface area contributed by atoms with E-state index in [0.29, 0.717) is 18.1 Å². The predicted molar refractivity (Wildman–Crippen MR) is 86.5 cm³/mol. The van der Waals surface area contributed by atoms with Crippen LogP contribution in [0.2, 0.25) is 0 Å². The minimum Gasteiger partial charge on any atom is -0.454 e. The largest absolute Gasteiger partial charge is 0.454 e. The molecule has 0 saturated heterocycles. The first kappa shape index (κ1) is 13.8. The van der Waals surface area contributed by atoms with E-state index in [0.717, 1.165) is 18.5 Å². The molecule has 1 aliphatic carbocycles. The van der Waals surface area contributed by atoms with Crippen LogP contribution in [0.5, 0.6) is 0 Å². The van der Waals surface area contributed by atoms with Crippen LogP contribution in [0.3, 0.4) is 0 Å². The maximum atomic E-state index is 12.3. The van der Waals surface area contributed by atoms with Gasteiger partial charge in [0, 0.05) is 18.1 Å². The number of anilines is 1. The van der Waals surface area contributed by atoms with E-state index in [4.69, 9.17) is 4.42 Å². The summed E-state index contributed by atoms with van der Waals surface area (Å²) in [6.45, 7) is 0.513. The monoisotopic (exact) mass is 307 g/mol. The first-order valence-corrected chi connectivity index (χ1v) is 7.77. The van der Waals surface area contributed by atoms with Gasteiger partial charge in [-0.05, 0) is 60.7 Å². The number of carbonyl (C=O) groups is 1. The number of furan rings is 1. The molecule has 0 atom stereocenters. The van der Waals surface area contributed by atoms with E-state index < -0.39 is 0 Å². The van der Waals surface area contributed by atoms with E-state index in [9.17, 15) is 4.79 Å². The van der Waals surface area contributed by atoms with Crippen molar-refractivity contribution in [1.82, 2.24) is 9.78 Å². The summed E-state index contributed by atoms with van der Waals surface area (Å²) in [6.07, 6.45) is 6.99. The standard InChI is InChI=1S/C18H17N3O2/c22-18(20-15-6-5-13-3-1-4-14(13)11-15)17-8-7-16(23-17)12-21-10-2-9-19-21/h2,5-11H,1,3-4,12H2,(H,20,22). The molecule has 5 nitrogen and oxygen atoms in total. The van der Waals surface area contributed by atoms with Crippen molar-refractivity contribution < 1.29 is 9.21 Å². The molecule has 1 N–H and O–H groups in total. The van der Waals surface area contributed by atoms with Crippen LogP contribution in [-0.4, -0.2) is 15.7 Å². The van der Waals surface area contributed by atoms with Gasteiger partial charge in [0.25, 0.3) is 5.91 Å². The van der Waals surface area contributed by atoms with Crippen molar-refractivity contribution in [3.8, 4) is 0 Å². The molecule has 3 aromatic rings. The summed E-state index contributed by atoms with van der Waals surface area (Å²) in [5.74, 6) is 0.787. The van der Waals surface area contributed by atoms with Crippen molar-refractivity contribution >= 4 is 11.6 Å². The van der Waals surface area contributed by atoms with Crippen LogP contribution in [0.15, 0.2) is 53.2 Å². The Kier molecular flexibility index (Phi) is 3.46. The zero-order valence-electron chi connectivity index (χ0n) is 12.7. The third-order valence-corrected chi connectivity index (χ3v) is 4.12. The zero-order valence-corrected chi connectivity index (χ0v) is 12.7. The van der Waals surface area contributed by atoms with Crippen molar-refractivity contribution in [1.29, 1.82) is 0 Å². The molecular formula is C18H17N3O2. The zero-order chi connectivity index (χ0) is 15.6. The van der Waals surface area contributed by atoms with Gasteiger partial charge in [-0.1, -0.05) is 6.07 Å². The number of aromatic nitrogens is 2. The van der Waals surface area contributed by atoms with Crippen LogP contribution in [-0.2, 0) is 19.4 Å². The van der Waals surface area contributed by atoms with Crippen molar-refractivity contribution in [3.63, 3.8) is 0 Å². The van der Waals surface area contributed by atoms with E-state index in [1.165, 1.54) is 17.5 Å². The topological polar surface area (TPSA) is 60.1 Å². The molecule has 1 aromatic carbocycles. The molecule has 0 unspecified atom stereocenters. The lowest BCUT2D eigenvalue weighted by atomic mass is 10.1. The summed E-state index contributed by atoms with van der Waals surface area (Å²) in [5, 5.41) is 7.03. The smallest absolute Gasteiger partial charge is 0.291 e. The summed E-state index contributed by atoms with van der Waals surface area (Å²) < 4.78 is 7.36. The quantitative estimate of drug-likeness (QED) is 0.805. The molecule has 2 aromatic heterocycles.